The quantitative estimate of drug-likeness (QED) is 0.407. The fourth-order valence-corrected chi connectivity index (χ4v) is 4.04. The Morgan fingerprint density at radius 1 is 1.12 bits per heavy atom. The summed E-state index contributed by atoms with van der Waals surface area (Å²) in [6, 6.07) is 15.5. The van der Waals surface area contributed by atoms with Crippen molar-refractivity contribution in [1.82, 2.24) is 20.0 Å². The van der Waals surface area contributed by atoms with Crippen LogP contribution in [0.15, 0.2) is 54.7 Å². The number of esters is 1. The number of anilines is 1. The van der Waals surface area contributed by atoms with Gasteiger partial charge in [-0.1, -0.05) is 24.3 Å². The zero-order valence-electron chi connectivity index (χ0n) is 18.8. The first-order valence-corrected chi connectivity index (χ1v) is 11.2. The molecular formula is C25H29N5O3. The van der Waals surface area contributed by atoms with Gasteiger partial charge < -0.3 is 15.8 Å². The van der Waals surface area contributed by atoms with Crippen LogP contribution in [0.3, 0.4) is 0 Å². The summed E-state index contributed by atoms with van der Waals surface area (Å²) in [5, 5.41) is 7.16. The van der Waals surface area contributed by atoms with Gasteiger partial charge in [-0.25, -0.2) is 9.48 Å². The summed E-state index contributed by atoms with van der Waals surface area (Å²) in [5.41, 5.74) is 10.3. The van der Waals surface area contributed by atoms with Crippen molar-refractivity contribution in [1.29, 1.82) is 0 Å². The zero-order valence-corrected chi connectivity index (χ0v) is 18.8. The number of nitrogens with two attached hydrogens (primary N) is 1. The van der Waals surface area contributed by atoms with Crippen LogP contribution in [0.25, 0.3) is 5.69 Å². The predicted molar refractivity (Wildman–Crippen MR) is 126 cm³/mol. The van der Waals surface area contributed by atoms with Crippen molar-refractivity contribution in [3.8, 4) is 5.69 Å². The fourth-order valence-electron chi connectivity index (χ4n) is 4.04. The highest BCUT2D eigenvalue weighted by molar-refractivity contribution is 5.95. The molecule has 1 aliphatic rings. The molecule has 3 N–H and O–H groups in total. The molecule has 8 heteroatoms. The number of amides is 1. The molecule has 0 bridgehead atoms. The molecule has 172 valence electrons. The molecule has 0 radical (unpaired) electrons. The molecule has 0 aliphatic carbocycles. The van der Waals surface area contributed by atoms with Crippen molar-refractivity contribution in [3.05, 3.63) is 77.0 Å². The highest BCUT2D eigenvalue weighted by atomic mass is 16.5. The Labute approximate surface area is 193 Å². The van der Waals surface area contributed by atoms with E-state index >= 15 is 0 Å². The van der Waals surface area contributed by atoms with Crippen LogP contribution in [-0.2, 0) is 17.7 Å². The topological polar surface area (TPSA) is 102 Å². The third-order valence-corrected chi connectivity index (χ3v) is 5.82. The standard InChI is InChI=1S/C25H29N5O3/c1-2-33-25(32)22-16-28-30(23(22)26)21-10-8-19(9-11-21)24(31)27-13-5-14-29-15-12-18-6-3-4-7-20(18)17-29/h3-4,6-11,16H,2,5,12-15,17,26H2,1H3,(H,27,31). The molecule has 2 heterocycles. The van der Waals surface area contributed by atoms with Crippen LogP contribution in [0, 0.1) is 0 Å². The molecule has 0 spiro atoms. The Hall–Kier alpha value is -3.65. The van der Waals surface area contributed by atoms with Gasteiger partial charge >= 0.3 is 5.97 Å². The largest absolute Gasteiger partial charge is 0.462 e. The molecule has 0 saturated heterocycles. The number of ether oxygens (including phenoxy) is 1. The number of rotatable bonds is 8. The molecule has 1 aliphatic heterocycles. The number of nitrogen functional groups attached to an aromatic ring is 1. The maximum atomic E-state index is 12.5. The van der Waals surface area contributed by atoms with E-state index in [0.29, 0.717) is 17.8 Å². The second kappa shape index (κ2) is 10.3. The van der Waals surface area contributed by atoms with Gasteiger partial charge in [-0.05, 0) is 55.2 Å². The number of nitrogens with zero attached hydrogens (tertiary/aromatic N) is 3. The number of fused-ring (bicyclic) bond motifs is 1. The molecule has 33 heavy (non-hydrogen) atoms. The van der Waals surface area contributed by atoms with Gasteiger partial charge in [-0.3, -0.25) is 9.69 Å². The Morgan fingerprint density at radius 3 is 2.64 bits per heavy atom. The summed E-state index contributed by atoms with van der Waals surface area (Å²) in [7, 11) is 0. The Balaban J connectivity index is 1.26. The number of carbonyl (C=O) groups excluding carboxylic acids is 2. The molecule has 4 rings (SSSR count). The molecule has 1 amide bonds. The molecule has 0 fully saturated rings. The zero-order chi connectivity index (χ0) is 23.2. The van der Waals surface area contributed by atoms with Crippen LogP contribution in [0.5, 0.6) is 0 Å². The van der Waals surface area contributed by atoms with E-state index in [2.05, 4.69) is 39.6 Å². The number of aromatic nitrogens is 2. The first-order chi connectivity index (χ1) is 16.1. The monoisotopic (exact) mass is 447 g/mol. The molecule has 1 aromatic heterocycles. The molecular weight excluding hydrogens is 418 g/mol. The van der Waals surface area contributed by atoms with Gasteiger partial charge in [0, 0.05) is 31.7 Å². The number of hydrogen-bond donors (Lipinski definition) is 2. The third kappa shape index (κ3) is 5.23. The fraction of sp³-hybridized carbons (Fsp3) is 0.320. The number of carbonyl (C=O) groups is 2. The normalized spacial score (nSPS) is 13.4. The van der Waals surface area contributed by atoms with Crippen LogP contribution in [-0.4, -0.2) is 52.8 Å². The Bertz CT molecular complexity index is 1120. The van der Waals surface area contributed by atoms with Crippen molar-refractivity contribution in [2.45, 2.75) is 26.3 Å². The van der Waals surface area contributed by atoms with E-state index in [1.54, 1.807) is 31.2 Å². The van der Waals surface area contributed by atoms with E-state index in [4.69, 9.17) is 10.5 Å². The number of benzene rings is 2. The second-order valence-corrected chi connectivity index (χ2v) is 8.03. The number of hydrogen-bond acceptors (Lipinski definition) is 6. The van der Waals surface area contributed by atoms with Crippen molar-refractivity contribution >= 4 is 17.7 Å². The molecule has 8 nitrogen and oxygen atoms in total. The summed E-state index contributed by atoms with van der Waals surface area (Å²) in [6.45, 7) is 5.60. The molecule has 3 aromatic rings. The Morgan fingerprint density at radius 2 is 1.88 bits per heavy atom. The van der Waals surface area contributed by atoms with Gasteiger partial charge in [0.05, 0.1) is 18.5 Å². The minimum Gasteiger partial charge on any atom is -0.462 e. The maximum Gasteiger partial charge on any atom is 0.343 e. The summed E-state index contributed by atoms with van der Waals surface area (Å²) >= 11 is 0. The van der Waals surface area contributed by atoms with E-state index in [-0.39, 0.29) is 23.9 Å². The van der Waals surface area contributed by atoms with Crippen molar-refractivity contribution < 1.29 is 14.3 Å². The van der Waals surface area contributed by atoms with Crippen LogP contribution >= 0.6 is 0 Å². The van der Waals surface area contributed by atoms with E-state index in [1.807, 2.05) is 0 Å². The summed E-state index contributed by atoms with van der Waals surface area (Å²) in [6.07, 6.45) is 3.36. The van der Waals surface area contributed by atoms with Gasteiger partial charge in [0.25, 0.3) is 5.91 Å². The first-order valence-electron chi connectivity index (χ1n) is 11.2. The highest BCUT2D eigenvalue weighted by Crippen LogP contribution is 2.19. The first kappa shape index (κ1) is 22.5. The highest BCUT2D eigenvalue weighted by Gasteiger charge is 2.18. The summed E-state index contributed by atoms with van der Waals surface area (Å²) in [4.78, 5) is 26.9. The van der Waals surface area contributed by atoms with Crippen LogP contribution in [0.4, 0.5) is 5.82 Å². The van der Waals surface area contributed by atoms with Gasteiger partial charge in [0.1, 0.15) is 11.4 Å². The molecule has 0 unspecified atom stereocenters. The lowest BCUT2D eigenvalue weighted by molar-refractivity contribution is 0.0527. The second-order valence-electron chi connectivity index (χ2n) is 8.03. The van der Waals surface area contributed by atoms with Gasteiger partial charge in [0.15, 0.2) is 0 Å². The Kier molecular flexibility index (Phi) is 7.04. The van der Waals surface area contributed by atoms with Crippen LogP contribution < -0.4 is 11.1 Å². The lowest BCUT2D eigenvalue weighted by Gasteiger charge is -2.28. The maximum absolute atomic E-state index is 12.5. The van der Waals surface area contributed by atoms with Crippen molar-refractivity contribution in [2.24, 2.45) is 0 Å². The molecule has 2 aromatic carbocycles. The summed E-state index contributed by atoms with van der Waals surface area (Å²) < 4.78 is 6.43. The van der Waals surface area contributed by atoms with E-state index < -0.39 is 5.97 Å². The molecule has 0 saturated carbocycles. The average molecular weight is 448 g/mol. The smallest absolute Gasteiger partial charge is 0.343 e. The van der Waals surface area contributed by atoms with Gasteiger partial charge in [-0.2, -0.15) is 5.10 Å². The minimum absolute atomic E-state index is 0.119. The van der Waals surface area contributed by atoms with Crippen LogP contribution in [0.2, 0.25) is 0 Å². The van der Waals surface area contributed by atoms with Crippen LogP contribution in [0.1, 0.15) is 45.2 Å². The summed E-state index contributed by atoms with van der Waals surface area (Å²) in [5.74, 6) is -0.428. The van der Waals surface area contributed by atoms with E-state index in [1.165, 1.54) is 22.0 Å². The molecule has 0 atom stereocenters. The third-order valence-electron chi connectivity index (χ3n) is 5.82. The van der Waals surface area contributed by atoms with Crippen molar-refractivity contribution in [3.63, 3.8) is 0 Å². The van der Waals surface area contributed by atoms with Gasteiger partial charge in [-0.15, -0.1) is 0 Å². The lowest BCUT2D eigenvalue weighted by atomic mass is 10.00. The number of nitrogens with one attached hydrogen (secondary N) is 1. The average Bonchev–Trinajstić information content (AvgIpc) is 3.23. The van der Waals surface area contributed by atoms with Gasteiger partial charge in [0.2, 0.25) is 0 Å². The van der Waals surface area contributed by atoms with Crippen molar-refractivity contribution in [2.75, 3.05) is 32.0 Å². The SMILES string of the molecule is CCOC(=O)c1cnn(-c2ccc(C(=O)NCCCN3CCc4ccccc4C3)cc2)c1N. The van der Waals surface area contributed by atoms with E-state index in [0.717, 1.165) is 32.5 Å². The lowest BCUT2D eigenvalue weighted by Crippen LogP contribution is -2.33. The predicted octanol–water partition coefficient (Wildman–Crippen LogP) is 2.81. The minimum atomic E-state index is -0.508. The van der Waals surface area contributed by atoms with E-state index in [9.17, 15) is 9.59 Å².